The normalized spacial score (nSPS) is 18.0. The summed E-state index contributed by atoms with van der Waals surface area (Å²) in [4.78, 5) is 12.2. The quantitative estimate of drug-likeness (QED) is 0.885. The second-order valence-electron chi connectivity index (χ2n) is 6.59. The fraction of sp³-hybridized carbons (Fsp3) is 0.350. The topological polar surface area (TPSA) is 59.6 Å². The molecule has 1 unspecified atom stereocenters. The molecular formula is C20H21FN2O3. The van der Waals surface area contributed by atoms with E-state index in [0.717, 1.165) is 41.7 Å². The molecule has 1 aliphatic carbocycles. The molecule has 2 aromatic carbocycles. The first-order valence-corrected chi connectivity index (χ1v) is 8.90. The van der Waals surface area contributed by atoms with Gasteiger partial charge in [0.25, 0.3) is 0 Å². The van der Waals surface area contributed by atoms with Crippen LogP contribution >= 0.6 is 0 Å². The third-order valence-corrected chi connectivity index (χ3v) is 4.75. The smallest absolute Gasteiger partial charge is 0.315 e. The number of fused-ring (bicyclic) bond motifs is 2. The van der Waals surface area contributed by atoms with Gasteiger partial charge in [0.05, 0.1) is 19.3 Å². The third kappa shape index (κ3) is 3.59. The van der Waals surface area contributed by atoms with Gasteiger partial charge in [0.15, 0.2) is 11.5 Å². The Hall–Kier alpha value is -2.76. The maximum atomic E-state index is 13.3. The van der Waals surface area contributed by atoms with E-state index in [0.29, 0.717) is 25.5 Å². The highest BCUT2D eigenvalue weighted by atomic mass is 19.1. The molecular weight excluding hydrogens is 335 g/mol. The van der Waals surface area contributed by atoms with Crippen LogP contribution in [0.25, 0.3) is 0 Å². The van der Waals surface area contributed by atoms with Gasteiger partial charge >= 0.3 is 6.03 Å². The molecule has 2 aromatic rings. The van der Waals surface area contributed by atoms with Crippen LogP contribution in [0.5, 0.6) is 11.5 Å². The highest BCUT2D eigenvalue weighted by Gasteiger charge is 2.24. The molecule has 2 amide bonds. The van der Waals surface area contributed by atoms with Crippen molar-refractivity contribution in [1.82, 2.24) is 10.6 Å². The first-order valence-electron chi connectivity index (χ1n) is 8.90. The molecule has 1 atom stereocenters. The molecule has 0 spiro atoms. The lowest BCUT2D eigenvalue weighted by atomic mass is 10.1. The molecule has 5 nitrogen and oxygen atoms in total. The Morgan fingerprint density at radius 3 is 2.85 bits per heavy atom. The number of amides is 2. The number of halogens is 1. The van der Waals surface area contributed by atoms with Gasteiger partial charge in [0, 0.05) is 13.0 Å². The summed E-state index contributed by atoms with van der Waals surface area (Å²) in [5.74, 6) is 1.22. The predicted molar refractivity (Wildman–Crippen MR) is 94.9 cm³/mol. The molecule has 136 valence electrons. The molecule has 4 rings (SSSR count). The van der Waals surface area contributed by atoms with Crippen molar-refractivity contribution in [3.05, 3.63) is 58.9 Å². The Bertz CT molecular complexity index is 825. The van der Waals surface area contributed by atoms with Crippen LogP contribution in [-0.2, 0) is 13.0 Å². The molecule has 1 aliphatic heterocycles. The highest BCUT2D eigenvalue weighted by Crippen LogP contribution is 2.32. The maximum Gasteiger partial charge on any atom is 0.315 e. The number of urea groups is 1. The van der Waals surface area contributed by atoms with E-state index in [-0.39, 0.29) is 17.9 Å². The van der Waals surface area contributed by atoms with Crippen LogP contribution in [0.2, 0.25) is 0 Å². The van der Waals surface area contributed by atoms with E-state index in [1.165, 1.54) is 6.07 Å². The van der Waals surface area contributed by atoms with E-state index < -0.39 is 0 Å². The highest BCUT2D eigenvalue weighted by molar-refractivity contribution is 5.74. The molecule has 0 radical (unpaired) electrons. The molecule has 26 heavy (non-hydrogen) atoms. The molecule has 0 bridgehead atoms. The fourth-order valence-corrected chi connectivity index (χ4v) is 3.45. The Morgan fingerprint density at radius 1 is 1.12 bits per heavy atom. The standard InChI is InChI=1S/C20H21FN2O3/c21-15-4-5-16-14(11-15)3-6-17(16)23-20(24)22-12-13-2-7-18-19(10-13)26-9-1-8-25-18/h2,4-5,7,10-11,17H,1,3,6,8-9,12H2,(H2,22,23,24). The number of aryl methyl sites for hydroxylation is 1. The number of hydrogen-bond donors (Lipinski definition) is 2. The summed E-state index contributed by atoms with van der Waals surface area (Å²) in [6, 6.07) is 10.1. The van der Waals surface area contributed by atoms with Crippen molar-refractivity contribution in [3.8, 4) is 11.5 Å². The summed E-state index contributed by atoms with van der Waals surface area (Å²) in [5.41, 5.74) is 2.91. The summed E-state index contributed by atoms with van der Waals surface area (Å²) in [6.07, 6.45) is 2.42. The maximum absolute atomic E-state index is 13.3. The van der Waals surface area contributed by atoms with Crippen molar-refractivity contribution < 1.29 is 18.7 Å². The summed E-state index contributed by atoms with van der Waals surface area (Å²) < 4.78 is 24.6. The van der Waals surface area contributed by atoms with Crippen molar-refractivity contribution in [1.29, 1.82) is 0 Å². The molecule has 0 aromatic heterocycles. The van der Waals surface area contributed by atoms with Gasteiger partial charge in [-0.2, -0.15) is 0 Å². The number of nitrogens with one attached hydrogen (secondary N) is 2. The van der Waals surface area contributed by atoms with Gasteiger partial charge in [-0.1, -0.05) is 12.1 Å². The lowest BCUT2D eigenvalue weighted by molar-refractivity contribution is 0.236. The first kappa shape index (κ1) is 16.7. The van der Waals surface area contributed by atoms with Crippen LogP contribution in [0.3, 0.4) is 0 Å². The summed E-state index contributed by atoms with van der Waals surface area (Å²) in [7, 11) is 0. The lowest BCUT2D eigenvalue weighted by Gasteiger charge is -2.15. The average molecular weight is 356 g/mol. The average Bonchev–Trinajstić information content (AvgIpc) is 2.87. The fourth-order valence-electron chi connectivity index (χ4n) is 3.45. The number of carbonyl (C=O) groups is 1. The van der Waals surface area contributed by atoms with E-state index in [9.17, 15) is 9.18 Å². The van der Waals surface area contributed by atoms with Crippen LogP contribution in [0, 0.1) is 5.82 Å². The molecule has 2 aliphatic rings. The molecule has 0 fully saturated rings. The van der Waals surface area contributed by atoms with Crippen LogP contribution in [0.15, 0.2) is 36.4 Å². The van der Waals surface area contributed by atoms with Crippen molar-refractivity contribution in [3.63, 3.8) is 0 Å². The molecule has 6 heteroatoms. The summed E-state index contributed by atoms with van der Waals surface area (Å²) >= 11 is 0. The number of hydrogen-bond acceptors (Lipinski definition) is 3. The van der Waals surface area contributed by atoms with Gasteiger partial charge in [-0.15, -0.1) is 0 Å². The van der Waals surface area contributed by atoms with E-state index in [2.05, 4.69) is 10.6 Å². The monoisotopic (exact) mass is 356 g/mol. The van der Waals surface area contributed by atoms with Gasteiger partial charge in [-0.25, -0.2) is 9.18 Å². The predicted octanol–water partition coefficient (Wildman–Crippen LogP) is 3.47. The van der Waals surface area contributed by atoms with Crippen LogP contribution in [0.1, 0.15) is 35.6 Å². The third-order valence-electron chi connectivity index (χ3n) is 4.75. The van der Waals surface area contributed by atoms with Gasteiger partial charge in [-0.05, 0) is 53.8 Å². The zero-order valence-electron chi connectivity index (χ0n) is 14.4. The SMILES string of the molecule is O=C(NCc1ccc2c(c1)OCCCO2)NC1CCc2cc(F)ccc21. The lowest BCUT2D eigenvalue weighted by Crippen LogP contribution is -2.36. The minimum Gasteiger partial charge on any atom is -0.490 e. The molecule has 0 saturated carbocycles. The van der Waals surface area contributed by atoms with Crippen molar-refractivity contribution in [2.75, 3.05) is 13.2 Å². The Morgan fingerprint density at radius 2 is 1.96 bits per heavy atom. The number of ether oxygens (including phenoxy) is 2. The Labute approximate surface area is 151 Å². The molecule has 1 heterocycles. The van der Waals surface area contributed by atoms with Crippen LogP contribution in [0.4, 0.5) is 9.18 Å². The second kappa shape index (κ2) is 7.23. The minimum atomic E-state index is -0.237. The van der Waals surface area contributed by atoms with Crippen LogP contribution < -0.4 is 20.1 Å². The summed E-state index contributed by atoms with van der Waals surface area (Å²) in [6.45, 7) is 1.68. The Kier molecular flexibility index (Phi) is 4.65. The molecule has 0 saturated heterocycles. The minimum absolute atomic E-state index is 0.0746. The zero-order valence-corrected chi connectivity index (χ0v) is 14.4. The van der Waals surface area contributed by atoms with Crippen molar-refractivity contribution in [2.24, 2.45) is 0 Å². The van der Waals surface area contributed by atoms with E-state index >= 15 is 0 Å². The number of rotatable bonds is 3. The van der Waals surface area contributed by atoms with E-state index in [1.807, 2.05) is 18.2 Å². The van der Waals surface area contributed by atoms with Gasteiger partial charge in [0.2, 0.25) is 0 Å². The van der Waals surface area contributed by atoms with Crippen molar-refractivity contribution in [2.45, 2.75) is 31.8 Å². The first-order chi connectivity index (χ1) is 12.7. The van der Waals surface area contributed by atoms with E-state index in [4.69, 9.17) is 9.47 Å². The van der Waals surface area contributed by atoms with Gasteiger partial charge < -0.3 is 20.1 Å². The summed E-state index contributed by atoms with van der Waals surface area (Å²) in [5, 5.41) is 5.84. The molecule has 2 N–H and O–H groups in total. The zero-order chi connectivity index (χ0) is 17.9. The number of benzene rings is 2. The second-order valence-corrected chi connectivity index (χ2v) is 6.59. The van der Waals surface area contributed by atoms with Crippen LogP contribution in [-0.4, -0.2) is 19.2 Å². The van der Waals surface area contributed by atoms with Crippen molar-refractivity contribution >= 4 is 6.03 Å². The Balaban J connectivity index is 1.34. The number of carbonyl (C=O) groups excluding carboxylic acids is 1. The van der Waals surface area contributed by atoms with Gasteiger partial charge in [0.1, 0.15) is 5.82 Å². The van der Waals surface area contributed by atoms with E-state index in [1.54, 1.807) is 12.1 Å². The largest absolute Gasteiger partial charge is 0.490 e. The van der Waals surface area contributed by atoms with Gasteiger partial charge in [-0.3, -0.25) is 0 Å².